The molecule has 0 aromatic rings. The Kier molecular flexibility index (Phi) is 9.10. The topological polar surface area (TPSA) is 94.8 Å². The van der Waals surface area contributed by atoms with Gasteiger partial charge in [-0.15, -0.1) is 0 Å². The minimum atomic E-state index is -0.935. The minimum Gasteiger partial charge on any atom is -0.478 e. The number of aliphatic carboxylic acids is 2. The normalized spacial score (nSPS) is 10.8. The van der Waals surface area contributed by atoms with Gasteiger partial charge in [0, 0.05) is 17.8 Å². The molecule has 0 heterocycles. The van der Waals surface area contributed by atoms with Gasteiger partial charge in [0.15, 0.2) is 0 Å². The Bertz CT molecular complexity index is 289. The molecule has 0 aliphatic carbocycles. The molecule has 0 radical (unpaired) electrons. The molecule has 3 N–H and O–H groups in total. The van der Waals surface area contributed by atoms with E-state index in [-0.39, 0.29) is 12.2 Å². The van der Waals surface area contributed by atoms with Gasteiger partial charge in [0.05, 0.1) is 0 Å². The molecular formula is C11H18O5. The third-order valence-corrected chi connectivity index (χ3v) is 1.81. The van der Waals surface area contributed by atoms with Crippen LogP contribution in [0.3, 0.4) is 0 Å². The maximum atomic E-state index is 10.3. The van der Waals surface area contributed by atoms with E-state index in [2.05, 4.69) is 6.58 Å². The summed E-state index contributed by atoms with van der Waals surface area (Å²) in [7, 11) is 0. The quantitative estimate of drug-likeness (QED) is 0.635. The zero-order valence-corrected chi connectivity index (χ0v) is 9.78. The SMILES string of the molecule is C=C(C)C(=O)O.CC(CCO)=C(C)C(=O)O. The van der Waals surface area contributed by atoms with Crippen LogP contribution in [0, 0.1) is 0 Å². The van der Waals surface area contributed by atoms with Crippen molar-refractivity contribution in [1.29, 1.82) is 0 Å². The lowest BCUT2D eigenvalue weighted by atomic mass is 10.1. The van der Waals surface area contributed by atoms with Gasteiger partial charge in [0.2, 0.25) is 0 Å². The van der Waals surface area contributed by atoms with E-state index in [4.69, 9.17) is 15.3 Å². The first-order valence-electron chi connectivity index (χ1n) is 4.63. The first-order valence-corrected chi connectivity index (χ1v) is 4.63. The number of carboxylic acid groups (broad SMARTS) is 2. The molecule has 0 aliphatic heterocycles. The Balaban J connectivity index is 0. The Morgan fingerprint density at radius 2 is 1.44 bits per heavy atom. The van der Waals surface area contributed by atoms with E-state index in [0.717, 1.165) is 5.57 Å². The van der Waals surface area contributed by atoms with Gasteiger partial charge in [0.25, 0.3) is 0 Å². The highest BCUT2D eigenvalue weighted by Crippen LogP contribution is 2.06. The maximum absolute atomic E-state index is 10.3. The van der Waals surface area contributed by atoms with Gasteiger partial charge in [-0.1, -0.05) is 12.2 Å². The molecule has 0 bridgehead atoms. The molecule has 5 nitrogen and oxygen atoms in total. The van der Waals surface area contributed by atoms with Crippen molar-refractivity contribution in [3.8, 4) is 0 Å². The Morgan fingerprint density at radius 3 is 1.62 bits per heavy atom. The molecule has 0 aliphatic rings. The van der Waals surface area contributed by atoms with Crippen LogP contribution in [0.1, 0.15) is 27.2 Å². The monoisotopic (exact) mass is 230 g/mol. The van der Waals surface area contributed by atoms with Crippen molar-refractivity contribution in [3.05, 3.63) is 23.3 Å². The summed E-state index contributed by atoms with van der Waals surface area (Å²) >= 11 is 0. The zero-order chi connectivity index (χ0) is 13.3. The first-order chi connectivity index (χ1) is 7.23. The van der Waals surface area contributed by atoms with E-state index < -0.39 is 11.9 Å². The van der Waals surface area contributed by atoms with Crippen LogP contribution in [-0.4, -0.2) is 33.9 Å². The van der Waals surface area contributed by atoms with Gasteiger partial charge in [-0.25, -0.2) is 9.59 Å². The summed E-state index contributed by atoms with van der Waals surface area (Å²) in [5, 5.41) is 24.8. The van der Waals surface area contributed by atoms with E-state index in [1.54, 1.807) is 6.92 Å². The average molecular weight is 230 g/mol. The van der Waals surface area contributed by atoms with Crippen LogP contribution in [0.4, 0.5) is 0 Å². The fourth-order valence-electron chi connectivity index (χ4n) is 0.538. The molecule has 0 spiro atoms. The molecule has 92 valence electrons. The molecule has 0 rings (SSSR count). The van der Waals surface area contributed by atoms with E-state index in [9.17, 15) is 9.59 Å². The molecule has 0 saturated carbocycles. The minimum absolute atomic E-state index is 0.0104. The highest BCUT2D eigenvalue weighted by atomic mass is 16.4. The molecule has 0 atom stereocenters. The molecule has 0 unspecified atom stereocenters. The molecule has 5 heteroatoms. The number of hydrogen-bond acceptors (Lipinski definition) is 3. The number of hydrogen-bond donors (Lipinski definition) is 3. The third kappa shape index (κ3) is 8.96. The lowest BCUT2D eigenvalue weighted by Gasteiger charge is -1.99. The summed E-state index contributed by atoms with van der Waals surface area (Å²) < 4.78 is 0. The van der Waals surface area contributed by atoms with Crippen molar-refractivity contribution in [2.24, 2.45) is 0 Å². The van der Waals surface area contributed by atoms with Crippen LogP contribution in [0.2, 0.25) is 0 Å². The molecule has 0 saturated heterocycles. The van der Waals surface area contributed by atoms with Crippen LogP contribution in [0.5, 0.6) is 0 Å². The van der Waals surface area contributed by atoms with Crippen LogP contribution in [0.15, 0.2) is 23.3 Å². The van der Waals surface area contributed by atoms with E-state index in [1.807, 2.05) is 0 Å². The van der Waals surface area contributed by atoms with Gasteiger partial charge in [-0.3, -0.25) is 0 Å². The van der Waals surface area contributed by atoms with Crippen LogP contribution in [-0.2, 0) is 9.59 Å². The largest absolute Gasteiger partial charge is 0.478 e. The summed E-state index contributed by atoms with van der Waals surface area (Å²) in [6, 6.07) is 0. The predicted molar refractivity (Wildman–Crippen MR) is 60.2 cm³/mol. The smallest absolute Gasteiger partial charge is 0.331 e. The summed E-state index contributed by atoms with van der Waals surface area (Å²) in [6.45, 7) is 7.86. The Hall–Kier alpha value is -1.62. The summed E-state index contributed by atoms with van der Waals surface area (Å²) in [5.74, 6) is -1.85. The van der Waals surface area contributed by atoms with Gasteiger partial charge >= 0.3 is 11.9 Å². The second-order valence-corrected chi connectivity index (χ2v) is 3.27. The standard InChI is InChI=1S/C7H12O3.C4H6O2/c1-5(3-4-8)6(2)7(9)10;1-3(2)4(5)6/h8H,3-4H2,1-2H3,(H,9,10);1H2,2H3,(H,5,6). The summed E-state index contributed by atoms with van der Waals surface area (Å²) in [6.07, 6.45) is 0.443. The highest BCUT2D eigenvalue weighted by molar-refractivity contribution is 5.86. The van der Waals surface area contributed by atoms with Crippen molar-refractivity contribution in [1.82, 2.24) is 0 Å². The van der Waals surface area contributed by atoms with Crippen molar-refractivity contribution >= 4 is 11.9 Å². The molecule has 0 fully saturated rings. The van der Waals surface area contributed by atoms with Crippen LogP contribution in [0.25, 0.3) is 0 Å². The van der Waals surface area contributed by atoms with Gasteiger partial charge in [-0.2, -0.15) is 0 Å². The van der Waals surface area contributed by atoms with Crippen molar-refractivity contribution in [3.63, 3.8) is 0 Å². The van der Waals surface area contributed by atoms with Crippen LogP contribution >= 0.6 is 0 Å². The van der Waals surface area contributed by atoms with Crippen molar-refractivity contribution in [2.45, 2.75) is 27.2 Å². The number of rotatable bonds is 4. The van der Waals surface area contributed by atoms with Crippen molar-refractivity contribution < 1.29 is 24.9 Å². The zero-order valence-electron chi connectivity index (χ0n) is 9.78. The molecular weight excluding hydrogens is 212 g/mol. The van der Waals surface area contributed by atoms with E-state index >= 15 is 0 Å². The lowest BCUT2D eigenvalue weighted by Crippen LogP contribution is -2.00. The highest BCUT2D eigenvalue weighted by Gasteiger charge is 2.03. The predicted octanol–water partition coefficient (Wildman–Crippen LogP) is 1.44. The molecule has 16 heavy (non-hydrogen) atoms. The van der Waals surface area contributed by atoms with Gasteiger partial charge in [-0.05, 0) is 27.2 Å². The Labute approximate surface area is 94.7 Å². The second kappa shape index (κ2) is 8.67. The lowest BCUT2D eigenvalue weighted by molar-refractivity contribution is -0.133. The molecule has 0 aromatic carbocycles. The van der Waals surface area contributed by atoms with Gasteiger partial charge < -0.3 is 15.3 Å². The Morgan fingerprint density at radius 1 is 1.06 bits per heavy atom. The number of aliphatic hydroxyl groups is 1. The van der Waals surface area contributed by atoms with Crippen molar-refractivity contribution in [2.75, 3.05) is 6.61 Å². The molecule has 0 amide bonds. The third-order valence-electron chi connectivity index (χ3n) is 1.81. The fourth-order valence-corrected chi connectivity index (χ4v) is 0.538. The number of carbonyl (C=O) groups is 2. The van der Waals surface area contributed by atoms with Gasteiger partial charge in [0.1, 0.15) is 0 Å². The number of carboxylic acids is 2. The summed E-state index contributed by atoms with van der Waals surface area (Å²) in [4.78, 5) is 19.9. The molecule has 0 aromatic heterocycles. The van der Waals surface area contributed by atoms with Crippen LogP contribution < -0.4 is 0 Å². The maximum Gasteiger partial charge on any atom is 0.331 e. The summed E-state index contributed by atoms with van der Waals surface area (Å²) in [5.41, 5.74) is 1.24. The fraction of sp³-hybridized carbons (Fsp3) is 0.455. The first kappa shape index (κ1) is 16.8. The number of aliphatic hydroxyl groups excluding tert-OH is 1. The average Bonchev–Trinajstić information content (AvgIpc) is 2.17. The second-order valence-electron chi connectivity index (χ2n) is 3.27. The van der Waals surface area contributed by atoms with E-state index in [0.29, 0.717) is 12.0 Å². The van der Waals surface area contributed by atoms with E-state index in [1.165, 1.54) is 13.8 Å².